The number of hydrogen-bond acceptors (Lipinski definition) is 6. The SMILES string of the molecule is CCOC(=O)CCN1CCN(c2ccc3c(c2)CN(C(=O)OCc2ccccc2)CCC3)CC1. The molecule has 0 radical (unpaired) electrons. The first-order chi connectivity index (χ1) is 16.6. The van der Waals surface area contributed by atoms with Gasteiger partial charge in [-0.2, -0.15) is 0 Å². The van der Waals surface area contributed by atoms with E-state index < -0.39 is 0 Å². The number of amides is 1. The molecule has 182 valence electrons. The number of ether oxygens (including phenoxy) is 2. The molecule has 0 atom stereocenters. The summed E-state index contributed by atoms with van der Waals surface area (Å²) in [6.07, 6.45) is 2.10. The van der Waals surface area contributed by atoms with Crippen LogP contribution < -0.4 is 4.90 Å². The van der Waals surface area contributed by atoms with Crippen molar-refractivity contribution in [3.8, 4) is 0 Å². The van der Waals surface area contributed by atoms with Crippen LogP contribution in [-0.4, -0.2) is 67.7 Å². The van der Waals surface area contributed by atoms with Gasteiger partial charge in [0.05, 0.1) is 13.0 Å². The summed E-state index contributed by atoms with van der Waals surface area (Å²) in [6.45, 7) is 8.29. The summed E-state index contributed by atoms with van der Waals surface area (Å²) in [5.74, 6) is -0.123. The van der Waals surface area contributed by atoms with E-state index in [1.54, 1.807) is 0 Å². The zero-order valence-corrected chi connectivity index (χ0v) is 20.1. The zero-order valence-electron chi connectivity index (χ0n) is 20.1. The highest BCUT2D eigenvalue weighted by Crippen LogP contribution is 2.26. The molecule has 34 heavy (non-hydrogen) atoms. The maximum atomic E-state index is 12.8. The van der Waals surface area contributed by atoms with Crippen LogP contribution in [0.2, 0.25) is 0 Å². The largest absolute Gasteiger partial charge is 0.466 e. The molecule has 2 aliphatic rings. The van der Waals surface area contributed by atoms with Crippen molar-refractivity contribution in [3.05, 3.63) is 65.2 Å². The Hall–Kier alpha value is -3.06. The molecule has 2 aliphatic heterocycles. The Labute approximate surface area is 202 Å². The number of anilines is 1. The molecule has 7 heteroatoms. The van der Waals surface area contributed by atoms with Gasteiger partial charge in [0.1, 0.15) is 6.61 Å². The molecule has 2 aromatic carbocycles. The standard InChI is InChI=1S/C27H35N3O4/c1-2-33-26(31)12-14-28-15-17-29(18-16-28)25-11-10-23-9-6-13-30(20-24(23)19-25)27(32)34-21-22-7-4-3-5-8-22/h3-5,7-8,10-11,19H,2,6,9,12-18,20-21H2,1H3. The average Bonchev–Trinajstić information content (AvgIpc) is 3.09. The van der Waals surface area contributed by atoms with E-state index in [1.165, 1.54) is 16.8 Å². The van der Waals surface area contributed by atoms with Crippen LogP contribution in [0.4, 0.5) is 10.5 Å². The number of benzene rings is 2. The van der Waals surface area contributed by atoms with Crippen LogP contribution in [0.15, 0.2) is 48.5 Å². The van der Waals surface area contributed by atoms with E-state index in [2.05, 4.69) is 28.0 Å². The van der Waals surface area contributed by atoms with Crippen LogP contribution in [-0.2, 0) is 33.8 Å². The van der Waals surface area contributed by atoms with E-state index >= 15 is 0 Å². The van der Waals surface area contributed by atoms with Crippen LogP contribution in [0.1, 0.15) is 36.5 Å². The number of rotatable bonds is 7. The maximum Gasteiger partial charge on any atom is 0.410 e. The number of aryl methyl sites for hydroxylation is 1. The van der Waals surface area contributed by atoms with Gasteiger partial charge in [0, 0.05) is 51.5 Å². The van der Waals surface area contributed by atoms with E-state index in [9.17, 15) is 9.59 Å². The van der Waals surface area contributed by atoms with Gasteiger partial charge in [0.2, 0.25) is 0 Å². The maximum absolute atomic E-state index is 12.8. The second-order valence-electron chi connectivity index (χ2n) is 8.90. The van der Waals surface area contributed by atoms with Crippen LogP contribution >= 0.6 is 0 Å². The third-order valence-corrected chi connectivity index (χ3v) is 6.56. The third-order valence-electron chi connectivity index (χ3n) is 6.56. The number of carbonyl (C=O) groups excluding carboxylic acids is 2. The van der Waals surface area contributed by atoms with Gasteiger partial charge in [-0.05, 0) is 48.6 Å². The zero-order chi connectivity index (χ0) is 23.8. The number of esters is 1. The summed E-state index contributed by atoms with van der Waals surface area (Å²) in [4.78, 5) is 30.9. The Kier molecular flexibility index (Phi) is 8.41. The fourth-order valence-electron chi connectivity index (χ4n) is 4.62. The average molecular weight is 466 g/mol. The number of fused-ring (bicyclic) bond motifs is 1. The monoisotopic (exact) mass is 465 g/mol. The second kappa shape index (κ2) is 11.9. The van der Waals surface area contributed by atoms with Gasteiger partial charge in [-0.1, -0.05) is 36.4 Å². The quantitative estimate of drug-likeness (QED) is 0.579. The normalized spacial score (nSPS) is 16.5. The summed E-state index contributed by atoms with van der Waals surface area (Å²) in [6, 6.07) is 16.5. The Morgan fingerprint density at radius 1 is 0.912 bits per heavy atom. The van der Waals surface area contributed by atoms with Crippen molar-refractivity contribution in [1.29, 1.82) is 0 Å². The molecule has 4 rings (SSSR count). The van der Waals surface area contributed by atoms with E-state index in [0.717, 1.165) is 51.1 Å². The molecule has 0 spiro atoms. The highest BCUT2D eigenvalue weighted by molar-refractivity contribution is 5.69. The smallest absolute Gasteiger partial charge is 0.410 e. The highest BCUT2D eigenvalue weighted by atomic mass is 16.6. The summed E-state index contributed by atoms with van der Waals surface area (Å²) in [5.41, 5.74) is 4.71. The molecule has 2 aromatic rings. The van der Waals surface area contributed by atoms with Gasteiger partial charge in [-0.3, -0.25) is 9.69 Å². The van der Waals surface area contributed by atoms with Gasteiger partial charge in [-0.25, -0.2) is 4.79 Å². The molecule has 0 unspecified atom stereocenters. The Bertz CT molecular complexity index is 958. The molecule has 0 N–H and O–H groups in total. The van der Waals surface area contributed by atoms with E-state index in [4.69, 9.17) is 9.47 Å². The summed E-state index contributed by atoms with van der Waals surface area (Å²) in [7, 11) is 0. The van der Waals surface area contributed by atoms with Crippen molar-refractivity contribution < 1.29 is 19.1 Å². The lowest BCUT2D eigenvalue weighted by atomic mass is 10.0. The van der Waals surface area contributed by atoms with E-state index in [1.807, 2.05) is 42.2 Å². The van der Waals surface area contributed by atoms with E-state index in [0.29, 0.717) is 32.7 Å². The fourth-order valence-corrected chi connectivity index (χ4v) is 4.62. The van der Waals surface area contributed by atoms with Crippen molar-refractivity contribution in [1.82, 2.24) is 9.80 Å². The molecular formula is C27H35N3O4. The van der Waals surface area contributed by atoms with Crippen LogP contribution in [0.5, 0.6) is 0 Å². The predicted molar refractivity (Wildman–Crippen MR) is 132 cm³/mol. The minimum atomic E-state index is -0.252. The number of hydrogen-bond donors (Lipinski definition) is 0. The Morgan fingerprint density at radius 3 is 2.47 bits per heavy atom. The van der Waals surface area contributed by atoms with Crippen molar-refractivity contribution in [3.63, 3.8) is 0 Å². The molecule has 0 aliphatic carbocycles. The molecule has 1 saturated heterocycles. The molecule has 0 aromatic heterocycles. The minimum Gasteiger partial charge on any atom is -0.466 e. The second-order valence-corrected chi connectivity index (χ2v) is 8.90. The molecule has 2 heterocycles. The van der Waals surface area contributed by atoms with Gasteiger partial charge in [0.25, 0.3) is 0 Å². The van der Waals surface area contributed by atoms with Crippen LogP contribution in [0.25, 0.3) is 0 Å². The minimum absolute atomic E-state index is 0.123. The van der Waals surface area contributed by atoms with Crippen molar-refractivity contribution in [2.24, 2.45) is 0 Å². The summed E-state index contributed by atoms with van der Waals surface area (Å²) >= 11 is 0. The van der Waals surface area contributed by atoms with Gasteiger partial charge in [-0.15, -0.1) is 0 Å². The fraction of sp³-hybridized carbons (Fsp3) is 0.481. The molecular weight excluding hydrogens is 430 g/mol. The third kappa shape index (κ3) is 6.50. The number of nitrogens with zero attached hydrogens (tertiary/aromatic N) is 3. The van der Waals surface area contributed by atoms with Crippen molar-refractivity contribution >= 4 is 17.7 Å². The number of carbonyl (C=O) groups is 2. The first kappa shape index (κ1) is 24.1. The van der Waals surface area contributed by atoms with Gasteiger partial charge < -0.3 is 19.3 Å². The summed E-state index contributed by atoms with van der Waals surface area (Å²) in [5, 5.41) is 0. The molecule has 0 bridgehead atoms. The van der Waals surface area contributed by atoms with Gasteiger partial charge in [0.15, 0.2) is 0 Å². The number of piperazine rings is 1. The highest BCUT2D eigenvalue weighted by Gasteiger charge is 2.23. The molecule has 7 nitrogen and oxygen atoms in total. The van der Waals surface area contributed by atoms with Gasteiger partial charge >= 0.3 is 12.1 Å². The van der Waals surface area contributed by atoms with Crippen LogP contribution in [0, 0.1) is 0 Å². The Morgan fingerprint density at radius 2 is 1.71 bits per heavy atom. The van der Waals surface area contributed by atoms with E-state index in [-0.39, 0.29) is 12.1 Å². The lowest BCUT2D eigenvalue weighted by Crippen LogP contribution is -2.47. The van der Waals surface area contributed by atoms with Crippen LogP contribution in [0.3, 0.4) is 0 Å². The topological polar surface area (TPSA) is 62.3 Å². The first-order valence-electron chi connectivity index (χ1n) is 12.3. The summed E-state index contributed by atoms with van der Waals surface area (Å²) < 4.78 is 10.6. The van der Waals surface area contributed by atoms with Crippen molar-refractivity contribution in [2.45, 2.75) is 39.3 Å². The lowest BCUT2D eigenvalue weighted by molar-refractivity contribution is -0.143. The lowest BCUT2D eigenvalue weighted by Gasteiger charge is -2.36. The molecule has 0 saturated carbocycles. The predicted octanol–water partition coefficient (Wildman–Crippen LogP) is 3.85. The Balaban J connectivity index is 1.32. The van der Waals surface area contributed by atoms with Crippen molar-refractivity contribution in [2.75, 3.05) is 50.8 Å². The molecule has 1 fully saturated rings. The molecule has 1 amide bonds. The first-order valence-corrected chi connectivity index (χ1v) is 12.3.